The Hall–Kier alpha value is -0.330. The number of halogens is 2. The molecule has 0 aliphatic heterocycles. The van der Waals surface area contributed by atoms with Crippen LogP contribution in [-0.2, 0) is 4.74 Å². The van der Waals surface area contributed by atoms with Crippen LogP contribution in [0.3, 0.4) is 0 Å². The molecule has 5 heteroatoms. The van der Waals surface area contributed by atoms with Gasteiger partial charge in [0.1, 0.15) is 0 Å². The molecule has 0 N–H and O–H groups in total. The van der Waals surface area contributed by atoms with Gasteiger partial charge in [0.15, 0.2) is 0 Å². The predicted molar refractivity (Wildman–Crippen MR) is 82.2 cm³/mol. The Morgan fingerprint density at radius 2 is 2.22 bits per heavy atom. The van der Waals surface area contributed by atoms with Crippen molar-refractivity contribution < 1.29 is 9.53 Å². The maximum absolute atomic E-state index is 12.4. The zero-order chi connectivity index (χ0) is 13.7. The van der Waals surface area contributed by atoms with E-state index in [0.29, 0.717) is 23.7 Å². The molecule has 1 aromatic carbocycles. The lowest BCUT2D eigenvalue weighted by Gasteiger charge is -2.27. The van der Waals surface area contributed by atoms with Crippen LogP contribution in [-0.4, -0.2) is 37.1 Å². The highest BCUT2D eigenvalue weighted by atomic mass is 127. The third-order valence-corrected chi connectivity index (χ3v) is 4.28. The summed E-state index contributed by atoms with van der Waals surface area (Å²) < 4.78 is 6.04. The number of carbonyl (C=O) groups is 1. The normalized spacial score (nSPS) is 12.3. The van der Waals surface area contributed by atoms with Crippen molar-refractivity contribution in [2.75, 3.05) is 20.3 Å². The fourth-order valence-electron chi connectivity index (χ4n) is 1.78. The molecule has 1 aromatic rings. The molecule has 0 aliphatic carbocycles. The van der Waals surface area contributed by atoms with Crippen LogP contribution >= 0.6 is 34.2 Å². The highest BCUT2D eigenvalue weighted by molar-refractivity contribution is 14.1. The first-order valence-corrected chi connectivity index (χ1v) is 7.21. The van der Waals surface area contributed by atoms with Gasteiger partial charge >= 0.3 is 0 Å². The van der Waals surface area contributed by atoms with Gasteiger partial charge in [-0.3, -0.25) is 4.79 Å². The molecule has 0 bridgehead atoms. The number of rotatable bonds is 5. The Balaban J connectivity index is 2.92. The molecular formula is C13H17ClINO2. The summed E-state index contributed by atoms with van der Waals surface area (Å²) in [4.78, 5) is 14.1. The van der Waals surface area contributed by atoms with Gasteiger partial charge in [-0.15, -0.1) is 0 Å². The average Bonchev–Trinajstić information content (AvgIpc) is 2.33. The molecule has 1 unspecified atom stereocenters. The highest BCUT2D eigenvalue weighted by Gasteiger charge is 2.20. The number of likely N-dealkylation sites (N-methyl/N-ethyl adjacent to an activating group) is 1. The standard InChI is InChI=1S/C13H17ClINO2/c1-4-16(9(2)8-18-3)13(17)10-5-6-12(15)11(14)7-10/h5-7,9H,4,8H2,1-3H3. The van der Waals surface area contributed by atoms with Gasteiger partial charge in [-0.05, 0) is 54.6 Å². The van der Waals surface area contributed by atoms with Crippen molar-refractivity contribution in [3.8, 4) is 0 Å². The second-order valence-corrected chi connectivity index (χ2v) is 5.59. The Morgan fingerprint density at radius 3 is 2.72 bits per heavy atom. The van der Waals surface area contributed by atoms with Gasteiger partial charge in [-0.1, -0.05) is 11.6 Å². The minimum atomic E-state index is -0.0136. The van der Waals surface area contributed by atoms with Gasteiger partial charge < -0.3 is 9.64 Å². The second-order valence-electron chi connectivity index (χ2n) is 4.02. The third kappa shape index (κ3) is 3.83. The van der Waals surface area contributed by atoms with Gasteiger partial charge in [0.25, 0.3) is 5.91 Å². The predicted octanol–water partition coefficient (Wildman–Crippen LogP) is 3.44. The molecule has 0 aromatic heterocycles. The van der Waals surface area contributed by atoms with Crippen LogP contribution in [0.5, 0.6) is 0 Å². The van der Waals surface area contributed by atoms with Crippen LogP contribution in [0.15, 0.2) is 18.2 Å². The average molecular weight is 382 g/mol. The van der Waals surface area contributed by atoms with E-state index in [-0.39, 0.29) is 11.9 Å². The molecular weight excluding hydrogens is 365 g/mol. The first-order valence-electron chi connectivity index (χ1n) is 5.76. The Labute approximate surface area is 127 Å². The lowest BCUT2D eigenvalue weighted by atomic mass is 10.1. The fourth-order valence-corrected chi connectivity index (χ4v) is 2.30. The molecule has 0 heterocycles. The number of ether oxygens (including phenoxy) is 1. The van der Waals surface area contributed by atoms with E-state index in [0.717, 1.165) is 3.57 Å². The SMILES string of the molecule is CCN(C(=O)c1ccc(I)c(Cl)c1)C(C)COC. The summed E-state index contributed by atoms with van der Waals surface area (Å²) >= 11 is 8.18. The minimum absolute atomic E-state index is 0.0136. The molecule has 0 fully saturated rings. The van der Waals surface area contributed by atoms with Crippen molar-refractivity contribution in [3.63, 3.8) is 0 Å². The fraction of sp³-hybridized carbons (Fsp3) is 0.462. The van der Waals surface area contributed by atoms with Crippen LogP contribution in [0.4, 0.5) is 0 Å². The molecule has 3 nitrogen and oxygen atoms in total. The zero-order valence-electron chi connectivity index (χ0n) is 10.7. The summed E-state index contributed by atoms with van der Waals surface area (Å²) in [5, 5.41) is 0.608. The smallest absolute Gasteiger partial charge is 0.254 e. The number of methoxy groups -OCH3 is 1. The summed E-state index contributed by atoms with van der Waals surface area (Å²) in [7, 11) is 1.64. The van der Waals surface area contributed by atoms with Crippen molar-refractivity contribution in [1.82, 2.24) is 4.90 Å². The van der Waals surface area contributed by atoms with Crippen LogP contribution in [0.25, 0.3) is 0 Å². The third-order valence-electron chi connectivity index (χ3n) is 2.71. The van der Waals surface area contributed by atoms with Gasteiger partial charge in [0, 0.05) is 22.8 Å². The molecule has 0 saturated carbocycles. The topological polar surface area (TPSA) is 29.5 Å². The largest absolute Gasteiger partial charge is 0.383 e. The number of nitrogens with zero attached hydrogens (tertiary/aromatic N) is 1. The molecule has 0 aliphatic rings. The second kappa shape index (κ2) is 7.31. The zero-order valence-corrected chi connectivity index (χ0v) is 13.7. The molecule has 0 spiro atoms. The Morgan fingerprint density at radius 1 is 1.56 bits per heavy atom. The molecule has 1 rings (SSSR count). The molecule has 1 atom stereocenters. The quantitative estimate of drug-likeness (QED) is 0.731. The molecule has 1 amide bonds. The highest BCUT2D eigenvalue weighted by Crippen LogP contribution is 2.21. The molecule has 100 valence electrons. The van der Waals surface area contributed by atoms with Crippen molar-refractivity contribution in [3.05, 3.63) is 32.4 Å². The molecule has 0 radical (unpaired) electrons. The van der Waals surface area contributed by atoms with E-state index in [1.54, 1.807) is 24.1 Å². The summed E-state index contributed by atoms with van der Waals surface area (Å²) in [5.41, 5.74) is 0.616. The Kier molecular flexibility index (Phi) is 6.38. The summed E-state index contributed by atoms with van der Waals surface area (Å²) in [6, 6.07) is 5.42. The van der Waals surface area contributed by atoms with E-state index in [1.165, 1.54) is 0 Å². The van der Waals surface area contributed by atoms with Gasteiger partial charge in [0.05, 0.1) is 17.7 Å². The van der Waals surface area contributed by atoms with Crippen LogP contribution < -0.4 is 0 Å². The van der Waals surface area contributed by atoms with Gasteiger partial charge in [-0.2, -0.15) is 0 Å². The molecule has 0 saturated heterocycles. The van der Waals surface area contributed by atoms with E-state index in [2.05, 4.69) is 22.6 Å². The summed E-state index contributed by atoms with van der Waals surface area (Å²) in [6.07, 6.45) is 0. The number of benzene rings is 1. The Bertz CT molecular complexity index is 425. The lowest BCUT2D eigenvalue weighted by Crippen LogP contribution is -2.40. The van der Waals surface area contributed by atoms with Crippen LogP contribution in [0, 0.1) is 3.57 Å². The monoisotopic (exact) mass is 381 g/mol. The van der Waals surface area contributed by atoms with Crippen molar-refractivity contribution in [2.45, 2.75) is 19.9 Å². The van der Waals surface area contributed by atoms with E-state index in [1.807, 2.05) is 19.9 Å². The van der Waals surface area contributed by atoms with Crippen molar-refractivity contribution >= 4 is 40.1 Å². The number of hydrogen-bond donors (Lipinski definition) is 0. The first-order chi connectivity index (χ1) is 8.51. The van der Waals surface area contributed by atoms with Crippen molar-refractivity contribution in [1.29, 1.82) is 0 Å². The number of amides is 1. The van der Waals surface area contributed by atoms with Gasteiger partial charge in [-0.25, -0.2) is 0 Å². The lowest BCUT2D eigenvalue weighted by molar-refractivity contribution is 0.0579. The summed E-state index contributed by atoms with van der Waals surface area (Å²) in [6.45, 7) is 5.10. The van der Waals surface area contributed by atoms with Gasteiger partial charge in [0.2, 0.25) is 0 Å². The summed E-state index contributed by atoms with van der Waals surface area (Å²) in [5.74, 6) is -0.0136. The minimum Gasteiger partial charge on any atom is -0.383 e. The number of hydrogen-bond acceptors (Lipinski definition) is 2. The van der Waals surface area contributed by atoms with E-state index in [4.69, 9.17) is 16.3 Å². The van der Waals surface area contributed by atoms with E-state index < -0.39 is 0 Å². The van der Waals surface area contributed by atoms with Crippen LogP contribution in [0.1, 0.15) is 24.2 Å². The maximum Gasteiger partial charge on any atom is 0.254 e. The van der Waals surface area contributed by atoms with E-state index >= 15 is 0 Å². The van der Waals surface area contributed by atoms with Crippen molar-refractivity contribution in [2.24, 2.45) is 0 Å². The molecule has 18 heavy (non-hydrogen) atoms. The number of carbonyl (C=O) groups excluding carboxylic acids is 1. The van der Waals surface area contributed by atoms with E-state index in [9.17, 15) is 4.79 Å². The van der Waals surface area contributed by atoms with Crippen LogP contribution in [0.2, 0.25) is 5.02 Å². The maximum atomic E-state index is 12.4. The first kappa shape index (κ1) is 15.7.